The molecule has 2 saturated carbocycles. The van der Waals surface area contributed by atoms with Crippen molar-refractivity contribution < 1.29 is 51.0 Å². The van der Waals surface area contributed by atoms with Crippen LogP contribution in [0.25, 0.3) is 0 Å². The zero-order chi connectivity index (χ0) is 19.2. The first-order valence-electron chi connectivity index (χ1n) is 12.0. The van der Waals surface area contributed by atoms with Gasteiger partial charge >= 0.3 is 26.2 Å². The van der Waals surface area contributed by atoms with E-state index in [1.807, 2.05) is 0 Å². The average molecular weight is 569 g/mol. The molecule has 0 radical (unpaired) electrons. The molecule has 6 rings (SSSR count). The summed E-state index contributed by atoms with van der Waals surface area (Å²) >= 11 is 0. The first-order chi connectivity index (χ1) is 13.6. The van der Waals surface area contributed by atoms with Crippen molar-refractivity contribution in [3.63, 3.8) is 0 Å². The summed E-state index contributed by atoms with van der Waals surface area (Å²) in [6, 6.07) is 6.37. The van der Waals surface area contributed by atoms with Gasteiger partial charge in [-0.05, 0) is 23.7 Å². The molecular formula is C26H38Cl2Si2Zr. The standard InChI is InChI=1S/2C13H19Si.2ClH.Zr/c2*1-14(9-4-10-14)13-8-7-11-5-2-3-6-12(11)13;;;/h2*2-3,5-6,8,11-13H,4,7,9-10H2,1H3;2*1H;/q2*-1;;;+4/p-2. The van der Waals surface area contributed by atoms with Gasteiger partial charge in [0.25, 0.3) is 0 Å². The van der Waals surface area contributed by atoms with Gasteiger partial charge in [0.05, 0.1) is 0 Å². The molecule has 0 aromatic carbocycles. The molecule has 2 saturated heterocycles. The van der Waals surface area contributed by atoms with Crippen LogP contribution in [0.1, 0.15) is 25.7 Å². The molecular weight excluding hydrogens is 531 g/mol. The molecule has 6 atom stereocenters. The Kier molecular flexibility index (Phi) is 10.4. The van der Waals surface area contributed by atoms with Gasteiger partial charge in [0.1, 0.15) is 0 Å². The largest absolute Gasteiger partial charge is 4.00 e. The summed E-state index contributed by atoms with van der Waals surface area (Å²) in [7, 11) is -1.63. The molecule has 4 fully saturated rings. The van der Waals surface area contributed by atoms with E-state index in [4.69, 9.17) is 0 Å². The fourth-order valence-corrected chi connectivity index (χ4v) is 15.4. The Labute approximate surface area is 224 Å². The van der Waals surface area contributed by atoms with Crippen LogP contribution in [0.2, 0.25) is 48.4 Å². The van der Waals surface area contributed by atoms with Crippen molar-refractivity contribution in [2.45, 2.75) is 74.0 Å². The fourth-order valence-electron chi connectivity index (χ4n) is 7.14. The topological polar surface area (TPSA) is 0 Å². The Morgan fingerprint density at radius 3 is 1.29 bits per heavy atom. The fraction of sp³-hybridized carbons (Fsp3) is 0.615. The van der Waals surface area contributed by atoms with E-state index in [9.17, 15) is 0 Å². The van der Waals surface area contributed by atoms with Gasteiger partial charge in [-0.2, -0.15) is 23.9 Å². The monoisotopic (exact) mass is 566 g/mol. The van der Waals surface area contributed by atoms with E-state index in [1.54, 1.807) is 24.2 Å². The summed E-state index contributed by atoms with van der Waals surface area (Å²) in [6.07, 6.45) is 29.9. The smallest absolute Gasteiger partial charge is 1.00 e. The van der Waals surface area contributed by atoms with Crippen LogP contribution in [-0.2, 0) is 26.2 Å². The quantitative estimate of drug-likeness (QED) is 0.351. The van der Waals surface area contributed by atoms with Crippen LogP contribution in [-0.4, -0.2) is 16.1 Å². The molecule has 6 aliphatic rings. The Balaban J connectivity index is 0.000000201. The minimum Gasteiger partial charge on any atom is -1.00 e. The van der Waals surface area contributed by atoms with E-state index in [2.05, 4.69) is 74.5 Å². The summed E-state index contributed by atoms with van der Waals surface area (Å²) in [6.45, 7) is 5.26. The summed E-state index contributed by atoms with van der Waals surface area (Å²) in [5, 5.41) is 0. The molecule has 0 nitrogen and oxygen atoms in total. The Morgan fingerprint density at radius 2 is 0.968 bits per heavy atom. The van der Waals surface area contributed by atoms with Crippen LogP contribution in [0.4, 0.5) is 0 Å². The number of hydrogen-bond acceptors (Lipinski definition) is 0. The molecule has 2 aliphatic heterocycles. The third kappa shape index (κ3) is 5.42. The van der Waals surface area contributed by atoms with Crippen LogP contribution >= 0.6 is 0 Å². The second kappa shape index (κ2) is 11.5. The Bertz CT molecular complexity index is 648. The van der Waals surface area contributed by atoms with E-state index < -0.39 is 16.1 Å². The van der Waals surface area contributed by atoms with Crippen molar-refractivity contribution in [1.29, 1.82) is 0 Å². The normalized spacial score (nSPS) is 39.2. The van der Waals surface area contributed by atoms with Crippen LogP contribution in [0, 0.1) is 36.5 Å². The van der Waals surface area contributed by atoms with Gasteiger partial charge in [-0.1, -0.05) is 98.7 Å². The van der Waals surface area contributed by atoms with Crippen molar-refractivity contribution in [2.75, 3.05) is 0 Å². The summed E-state index contributed by atoms with van der Waals surface area (Å²) in [5.41, 5.74) is 2.00. The molecule has 168 valence electrons. The van der Waals surface area contributed by atoms with Crippen molar-refractivity contribution in [1.82, 2.24) is 0 Å². The Morgan fingerprint density at radius 1 is 0.613 bits per heavy atom. The minimum atomic E-state index is -0.813. The zero-order valence-electron chi connectivity index (χ0n) is 19.2. The molecule has 4 aliphatic carbocycles. The van der Waals surface area contributed by atoms with Crippen molar-refractivity contribution >= 4 is 16.1 Å². The number of rotatable bonds is 2. The Hall–Kier alpha value is 0.857. The van der Waals surface area contributed by atoms with Gasteiger partial charge < -0.3 is 37.7 Å². The van der Waals surface area contributed by atoms with E-state index in [0.717, 1.165) is 34.8 Å². The number of halogens is 2. The van der Waals surface area contributed by atoms with Crippen LogP contribution in [0.15, 0.2) is 48.6 Å². The summed E-state index contributed by atoms with van der Waals surface area (Å²) < 4.78 is 0. The maximum atomic E-state index is 2.67. The first-order valence-corrected chi connectivity index (χ1v) is 17.9. The molecule has 31 heavy (non-hydrogen) atoms. The van der Waals surface area contributed by atoms with Crippen molar-refractivity contribution in [3.8, 4) is 0 Å². The number of allylic oxidation sites excluding steroid dienone is 8. The summed E-state index contributed by atoms with van der Waals surface area (Å²) in [4.78, 5) is 0. The van der Waals surface area contributed by atoms with Gasteiger partial charge in [0.2, 0.25) is 0 Å². The van der Waals surface area contributed by atoms with Crippen molar-refractivity contribution in [2.24, 2.45) is 23.7 Å². The van der Waals surface area contributed by atoms with Gasteiger partial charge in [-0.3, -0.25) is 0 Å². The second-order valence-electron chi connectivity index (χ2n) is 11.0. The van der Waals surface area contributed by atoms with Crippen LogP contribution < -0.4 is 24.8 Å². The van der Waals surface area contributed by atoms with Gasteiger partial charge in [0, 0.05) is 16.1 Å². The van der Waals surface area contributed by atoms with E-state index >= 15 is 0 Å². The third-order valence-electron chi connectivity index (χ3n) is 9.35. The molecule has 6 unspecified atom stereocenters. The van der Waals surface area contributed by atoms with Crippen LogP contribution in [0.5, 0.6) is 0 Å². The predicted molar refractivity (Wildman–Crippen MR) is 128 cm³/mol. The SMILES string of the molecule is C[Si]1(C2[CH-]CC3C=CC=CC32)CCC1.C[Si]1(C2[CH-]CC3C=CC=CC32)CCC1.[Cl-].[Cl-].[Zr+4]. The average Bonchev–Trinajstić information content (AvgIpc) is 3.29. The molecule has 0 aromatic rings. The predicted octanol–water partition coefficient (Wildman–Crippen LogP) is 1.62. The second-order valence-corrected chi connectivity index (χ2v) is 21.0. The minimum absolute atomic E-state index is 0. The van der Waals surface area contributed by atoms with E-state index in [0.29, 0.717) is 0 Å². The zero-order valence-corrected chi connectivity index (χ0v) is 25.1. The molecule has 0 N–H and O–H groups in total. The van der Waals surface area contributed by atoms with E-state index in [1.165, 1.54) is 25.7 Å². The maximum absolute atomic E-state index is 2.67. The first kappa shape index (κ1) is 28.1. The number of hydrogen-bond donors (Lipinski definition) is 0. The number of fused-ring (bicyclic) bond motifs is 2. The molecule has 0 bridgehead atoms. The van der Waals surface area contributed by atoms with Gasteiger partial charge in [0.15, 0.2) is 0 Å². The molecule has 2 heterocycles. The summed E-state index contributed by atoms with van der Waals surface area (Å²) in [5.74, 6) is 3.48. The molecule has 0 amide bonds. The molecule has 5 heteroatoms. The third-order valence-corrected chi connectivity index (χ3v) is 19.8. The van der Waals surface area contributed by atoms with Gasteiger partial charge in [-0.15, -0.1) is 0 Å². The maximum Gasteiger partial charge on any atom is 4.00 e. The molecule has 0 spiro atoms. The van der Waals surface area contributed by atoms with Crippen molar-refractivity contribution in [3.05, 3.63) is 61.4 Å². The van der Waals surface area contributed by atoms with Gasteiger partial charge in [-0.25, -0.2) is 0 Å². The molecule has 0 aromatic heterocycles. The van der Waals surface area contributed by atoms with E-state index in [-0.39, 0.29) is 51.0 Å². The van der Waals surface area contributed by atoms with Crippen LogP contribution in [0.3, 0.4) is 0 Å².